The van der Waals surface area contributed by atoms with Crippen LogP contribution in [-0.2, 0) is 9.59 Å². The van der Waals surface area contributed by atoms with Crippen molar-refractivity contribution in [1.29, 1.82) is 0 Å². The summed E-state index contributed by atoms with van der Waals surface area (Å²) in [6, 6.07) is 5.34. The molecule has 0 aromatic heterocycles. The molecule has 0 spiro atoms. The second kappa shape index (κ2) is 6.64. The van der Waals surface area contributed by atoms with E-state index >= 15 is 0 Å². The van der Waals surface area contributed by atoms with Gasteiger partial charge in [-0.15, -0.1) is 0 Å². The highest BCUT2D eigenvalue weighted by atomic mass is 19.4. The molecule has 2 N–H and O–H groups in total. The van der Waals surface area contributed by atoms with Crippen LogP contribution in [0.1, 0.15) is 20.8 Å². The Morgan fingerprint density at radius 1 is 0.955 bits per heavy atom. The number of allylic oxidation sites excluding steroid dienone is 1. The van der Waals surface area contributed by atoms with Gasteiger partial charge < -0.3 is 10.6 Å². The van der Waals surface area contributed by atoms with Gasteiger partial charge in [0.2, 0.25) is 5.91 Å². The molecule has 1 aromatic rings. The van der Waals surface area contributed by atoms with E-state index in [2.05, 4.69) is 5.32 Å². The SMILES string of the molecule is CC(C)(C)/C=C/C(=O)Nc1ccc(NC(=O)C(F)(F)F)cc1. The van der Waals surface area contributed by atoms with Crippen LogP contribution in [0.4, 0.5) is 24.5 Å². The Morgan fingerprint density at radius 3 is 1.82 bits per heavy atom. The van der Waals surface area contributed by atoms with Crippen LogP contribution >= 0.6 is 0 Å². The summed E-state index contributed by atoms with van der Waals surface area (Å²) in [6.45, 7) is 5.82. The second-order valence-electron chi connectivity index (χ2n) is 5.72. The van der Waals surface area contributed by atoms with Gasteiger partial charge in [-0.25, -0.2) is 0 Å². The molecule has 1 rings (SSSR count). The molecule has 4 nitrogen and oxygen atoms in total. The van der Waals surface area contributed by atoms with E-state index in [4.69, 9.17) is 0 Å². The third-order valence-corrected chi connectivity index (χ3v) is 2.40. The van der Waals surface area contributed by atoms with Gasteiger partial charge in [-0.3, -0.25) is 9.59 Å². The molecule has 0 saturated heterocycles. The lowest BCUT2D eigenvalue weighted by Gasteiger charge is -2.11. The van der Waals surface area contributed by atoms with E-state index in [1.807, 2.05) is 20.8 Å². The maximum Gasteiger partial charge on any atom is 0.471 e. The smallest absolute Gasteiger partial charge is 0.323 e. The first-order valence-electron chi connectivity index (χ1n) is 6.46. The fourth-order valence-corrected chi connectivity index (χ4v) is 1.35. The molecule has 0 unspecified atom stereocenters. The molecule has 1 aromatic carbocycles. The Morgan fingerprint density at radius 2 is 1.41 bits per heavy atom. The van der Waals surface area contributed by atoms with Crippen LogP contribution in [0.3, 0.4) is 0 Å². The molecular formula is C15H17F3N2O2. The van der Waals surface area contributed by atoms with Gasteiger partial charge in [0.15, 0.2) is 0 Å². The molecule has 120 valence electrons. The van der Waals surface area contributed by atoms with Crippen LogP contribution in [0.25, 0.3) is 0 Å². The lowest BCUT2D eigenvalue weighted by atomic mass is 9.96. The zero-order valence-electron chi connectivity index (χ0n) is 12.4. The predicted molar refractivity (Wildman–Crippen MR) is 78.4 cm³/mol. The average molecular weight is 314 g/mol. The minimum absolute atomic E-state index is 0.00874. The summed E-state index contributed by atoms with van der Waals surface area (Å²) in [7, 11) is 0. The minimum Gasteiger partial charge on any atom is -0.323 e. The lowest BCUT2D eigenvalue weighted by Crippen LogP contribution is -2.29. The van der Waals surface area contributed by atoms with E-state index in [-0.39, 0.29) is 17.0 Å². The van der Waals surface area contributed by atoms with Crippen molar-refractivity contribution in [3.8, 4) is 0 Å². The summed E-state index contributed by atoms with van der Waals surface area (Å²) >= 11 is 0. The van der Waals surface area contributed by atoms with E-state index in [0.29, 0.717) is 5.69 Å². The number of amides is 2. The quantitative estimate of drug-likeness (QED) is 0.835. The molecular weight excluding hydrogens is 297 g/mol. The summed E-state index contributed by atoms with van der Waals surface area (Å²) < 4.78 is 36.3. The van der Waals surface area contributed by atoms with Gasteiger partial charge in [-0.1, -0.05) is 26.8 Å². The number of nitrogens with one attached hydrogen (secondary N) is 2. The van der Waals surface area contributed by atoms with Crippen LogP contribution in [0.15, 0.2) is 36.4 Å². The number of alkyl halides is 3. The van der Waals surface area contributed by atoms with Crippen molar-refractivity contribution < 1.29 is 22.8 Å². The average Bonchev–Trinajstić information content (AvgIpc) is 2.37. The molecule has 22 heavy (non-hydrogen) atoms. The normalized spacial score (nSPS) is 12.3. The summed E-state index contributed by atoms with van der Waals surface area (Å²) in [6.07, 6.45) is -1.82. The first-order valence-corrected chi connectivity index (χ1v) is 6.46. The van der Waals surface area contributed by atoms with Crippen LogP contribution in [0.2, 0.25) is 0 Å². The van der Waals surface area contributed by atoms with Crippen LogP contribution in [0.5, 0.6) is 0 Å². The molecule has 0 bridgehead atoms. The van der Waals surface area contributed by atoms with Crippen molar-refractivity contribution in [2.75, 3.05) is 10.6 Å². The van der Waals surface area contributed by atoms with E-state index in [1.54, 1.807) is 11.4 Å². The molecule has 7 heteroatoms. The Bertz CT molecular complexity index is 570. The standard InChI is InChI=1S/C15H17F3N2O2/c1-14(2,3)9-8-12(21)19-10-4-6-11(7-5-10)20-13(22)15(16,17)18/h4-9H,1-3H3,(H,19,21)(H,20,22)/b9-8+. The summed E-state index contributed by atoms with van der Waals surface area (Å²) in [5.74, 6) is -2.39. The number of hydrogen-bond donors (Lipinski definition) is 2. The summed E-state index contributed by atoms with van der Waals surface area (Å²) in [5.41, 5.74) is 0.266. The number of anilines is 2. The first kappa shape index (κ1) is 17.7. The number of halogens is 3. The lowest BCUT2D eigenvalue weighted by molar-refractivity contribution is -0.167. The number of hydrogen-bond acceptors (Lipinski definition) is 2. The maximum absolute atomic E-state index is 12.1. The molecule has 0 saturated carbocycles. The van der Waals surface area contributed by atoms with Crippen molar-refractivity contribution in [2.45, 2.75) is 26.9 Å². The molecule has 0 aliphatic heterocycles. The number of carbonyl (C=O) groups excluding carboxylic acids is 2. The third kappa shape index (κ3) is 6.43. The Balaban J connectivity index is 2.64. The summed E-state index contributed by atoms with van der Waals surface area (Å²) in [5, 5.41) is 4.28. The highest BCUT2D eigenvalue weighted by Gasteiger charge is 2.38. The number of carbonyl (C=O) groups is 2. The molecule has 0 atom stereocenters. The molecule has 2 amide bonds. The van der Waals surface area contributed by atoms with Gasteiger partial charge >= 0.3 is 12.1 Å². The van der Waals surface area contributed by atoms with E-state index < -0.39 is 12.1 Å². The van der Waals surface area contributed by atoms with Gasteiger partial charge in [-0.2, -0.15) is 13.2 Å². The molecule has 0 radical (unpaired) electrons. The van der Waals surface area contributed by atoms with Crippen molar-refractivity contribution in [2.24, 2.45) is 5.41 Å². The van der Waals surface area contributed by atoms with Gasteiger partial charge in [0, 0.05) is 11.4 Å². The minimum atomic E-state index is -4.94. The zero-order chi connectivity index (χ0) is 17.0. The van der Waals surface area contributed by atoms with Crippen LogP contribution in [0, 0.1) is 5.41 Å². The molecule has 0 aliphatic rings. The van der Waals surface area contributed by atoms with E-state index in [9.17, 15) is 22.8 Å². The highest BCUT2D eigenvalue weighted by Crippen LogP contribution is 2.20. The first-order chi connectivity index (χ1) is 9.97. The van der Waals surface area contributed by atoms with E-state index in [1.165, 1.54) is 30.3 Å². The second-order valence-corrected chi connectivity index (χ2v) is 5.72. The Labute approximate surface area is 126 Å². The molecule has 0 heterocycles. The van der Waals surface area contributed by atoms with Crippen LogP contribution in [-0.4, -0.2) is 18.0 Å². The monoisotopic (exact) mass is 314 g/mol. The number of rotatable bonds is 3. The molecule has 0 fully saturated rings. The van der Waals surface area contributed by atoms with Crippen LogP contribution < -0.4 is 10.6 Å². The van der Waals surface area contributed by atoms with Gasteiger partial charge in [0.1, 0.15) is 0 Å². The van der Waals surface area contributed by atoms with Crippen molar-refractivity contribution >= 4 is 23.2 Å². The Kier molecular flexibility index (Phi) is 5.35. The Hall–Kier alpha value is -2.31. The van der Waals surface area contributed by atoms with Crippen molar-refractivity contribution in [1.82, 2.24) is 0 Å². The van der Waals surface area contributed by atoms with Gasteiger partial charge in [0.05, 0.1) is 0 Å². The van der Waals surface area contributed by atoms with Crippen molar-refractivity contribution in [3.05, 3.63) is 36.4 Å². The topological polar surface area (TPSA) is 58.2 Å². The summed E-state index contributed by atoms with van der Waals surface area (Å²) in [4.78, 5) is 22.4. The predicted octanol–water partition coefficient (Wildman–Crippen LogP) is 3.73. The third-order valence-electron chi connectivity index (χ3n) is 2.40. The van der Waals surface area contributed by atoms with Gasteiger partial charge in [0.25, 0.3) is 0 Å². The van der Waals surface area contributed by atoms with E-state index in [0.717, 1.165) is 0 Å². The fraction of sp³-hybridized carbons (Fsp3) is 0.333. The highest BCUT2D eigenvalue weighted by molar-refractivity contribution is 5.99. The maximum atomic E-state index is 12.1. The molecule has 0 aliphatic carbocycles. The van der Waals surface area contributed by atoms with Gasteiger partial charge in [-0.05, 0) is 35.8 Å². The fourth-order valence-electron chi connectivity index (χ4n) is 1.35. The largest absolute Gasteiger partial charge is 0.471 e. The van der Waals surface area contributed by atoms with Crippen molar-refractivity contribution in [3.63, 3.8) is 0 Å². The zero-order valence-corrected chi connectivity index (χ0v) is 12.4. The number of benzene rings is 1.